The van der Waals surface area contributed by atoms with Gasteiger partial charge in [0.15, 0.2) is 0 Å². The largest absolute Gasteiger partial charge is 0.466 e. The molecule has 2 heterocycles. The van der Waals surface area contributed by atoms with E-state index in [4.69, 9.17) is 4.74 Å². The fourth-order valence-corrected chi connectivity index (χ4v) is 3.55. The van der Waals surface area contributed by atoms with Crippen molar-refractivity contribution in [3.8, 4) is 0 Å². The molecule has 1 atom stereocenters. The van der Waals surface area contributed by atoms with Crippen LogP contribution in [0.25, 0.3) is 0 Å². The Bertz CT molecular complexity index is 523. The smallest absolute Gasteiger partial charge is 0.308 e. The molecule has 0 bridgehead atoms. The maximum Gasteiger partial charge on any atom is 0.308 e. The number of aliphatic hydroxyl groups excluding tert-OH is 1. The number of thiazole rings is 1. The Morgan fingerprint density at radius 2 is 2.18 bits per heavy atom. The van der Waals surface area contributed by atoms with Gasteiger partial charge in [-0.2, -0.15) is 0 Å². The molecule has 0 aromatic carbocycles. The first kappa shape index (κ1) is 16.9. The lowest BCUT2D eigenvalue weighted by Crippen LogP contribution is -2.44. The number of nitrogens with zero attached hydrogens (tertiary/aromatic N) is 2. The van der Waals surface area contributed by atoms with E-state index in [1.165, 1.54) is 0 Å². The number of carbonyl (C=O) groups excluding carboxylic acids is 2. The normalized spacial score (nSPS) is 17.3. The Balaban J connectivity index is 1.83. The van der Waals surface area contributed by atoms with E-state index in [0.29, 0.717) is 19.0 Å². The summed E-state index contributed by atoms with van der Waals surface area (Å²) in [7, 11) is 0. The van der Waals surface area contributed by atoms with Gasteiger partial charge in [0, 0.05) is 30.1 Å². The molecular weight excluding hydrogens is 304 g/mol. The van der Waals surface area contributed by atoms with Gasteiger partial charge in [-0.25, -0.2) is 4.98 Å². The van der Waals surface area contributed by atoms with Crippen molar-refractivity contribution < 1.29 is 19.4 Å². The molecule has 1 saturated heterocycles. The Morgan fingerprint density at radius 1 is 1.50 bits per heavy atom. The minimum Gasteiger partial charge on any atom is -0.466 e. The number of aromatic nitrogens is 1. The average molecular weight is 326 g/mol. The van der Waals surface area contributed by atoms with Crippen LogP contribution < -0.4 is 0 Å². The zero-order chi connectivity index (χ0) is 16.1. The summed E-state index contributed by atoms with van der Waals surface area (Å²) < 4.78 is 4.75. The number of carbonyl (C=O) groups is 2. The predicted molar refractivity (Wildman–Crippen MR) is 82.7 cm³/mol. The van der Waals surface area contributed by atoms with Crippen LogP contribution in [0.5, 0.6) is 0 Å². The van der Waals surface area contributed by atoms with E-state index in [1.54, 1.807) is 23.2 Å². The van der Waals surface area contributed by atoms with E-state index in [0.717, 1.165) is 23.5 Å². The molecule has 1 aromatic rings. The van der Waals surface area contributed by atoms with Gasteiger partial charge in [-0.05, 0) is 26.7 Å². The van der Waals surface area contributed by atoms with Crippen LogP contribution in [0.2, 0.25) is 0 Å². The number of ether oxygens (including phenoxy) is 1. The zero-order valence-corrected chi connectivity index (χ0v) is 13.8. The average Bonchev–Trinajstić information content (AvgIpc) is 2.93. The minimum absolute atomic E-state index is 0.248. The maximum atomic E-state index is 12.1. The molecule has 1 aliphatic heterocycles. The van der Waals surface area contributed by atoms with Crippen molar-refractivity contribution in [2.24, 2.45) is 0 Å². The summed E-state index contributed by atoms with van der Waals surface area (Å²) in [6, 6.07) is 0. The molecular formula is C15H22N2O4S. The number of piperidine rings is 1. The lowest BCUT2D eigenvalue weighted by Gasteiger charge is -2.32. The van der Waals surface area contributed by atoms with Crippen LogP contribution in [0, 0.1) is 6.92 Å². The van der Waals surface area contributed by atoms with Crippen LogP contribution in [0.1, 0.15) is 42.8 Å². The zero-order valence-electron chi connectivity index (χ0n) is 12.9. The molecule has 1 N–H and O–H groups in total. The van der Waals surface area contributed by atoms with Crippen molar-refractivity contribution in [3.63, 3.8) is 0 Å². The van der Waals surface area contributed by atoms with Crippen LogP contribution in [0.15, 0.2) is 5.38 Å². The SMILES string of the molecule is CCOC(=O)C[C@@H](O)C(=O)N1CCC(c2nc(C)cs2)CC1. The van der Waals surface area contributed by atoms with Gasteiger partial charge >= 0.3 is 5.97 Å². The summed E-state index contributed by atoms with van der Waals surface area (Å²) >= 11 is 1.66. The van der Waals surface area contributed by atoms with Crippen molar-refractivity contribution in [1.82, 2.24) is 9.88 Å². The first-order valence-corrected chi connectivity index (χ1v) is 8.43. The second-order valence-electron chi connectivity index (χ2n) is 5.45. The van der Waals surface area contributed by atoms with Gasteiger partial charge in [0.25, 0.3) is 5.91 Å². The molecule has 0 spiro atoms. The standard InChI is InChI=1S/C15H22N2O4S/c1-3-21-13(19)8-12(18)15(20)17-6-4-11(5-7-17)14-16-10(2)9-22-14/h9,11-12,18H,3-8H2,1-2H3/t12-/m1/s1. The van der Waals surface area contributed by atoms with E-state index in [9.17, 15) is 14.7 Å². The summed E-state index contributed by atoms with van der Waals surface area (Å²) in [5, 5.41) is 13.0. The van der Waals surface area contributed by atoms with Crippen LogP contribution in [0.4, 0.5) is 0 Å². The van der Waals surface area contributed by atoms with Crippen LogP contribution in [-0.4, -0.2) is 52.7 Å². The molecule has 0 unspecified atom stereocenters. The third kappa shape index (κ3) is 4.27. The highest BCUT2D eigenvalue weighted by Crippen LogP contribution is 2.30. The van der Waals surface area contributed by atoms with Gasteiger partial charge in [0.05, 0.1) is 18.0 Å². The van der Waals surface area contributed by atoms with Crippen LogP contribution >= 0.6 is 11.3 Å². The molecule has 6 nitrogen and oxygen atoms in total. The molecule has 22 heavy (non-hydrogen) atoms. The highest BCUT2D eigenvalue weighted by molar-refractivity contribution is 7.09. The third-order valence-electron chi connectivity index (χ3n) is 3.74. The molecule has 1 aromatic heterocycles. The van der Waals surface area contributed by atoms with Crippen molar-refractivity contribution >= 4 is 23.2 Å². The minimum atomic E-state index is -1.31. The summed E-state index contributed by atoms with van der Waals surface area (Å²) in [5.41, 5.74) is 1.03. The molecule has 7 heteroatoms. The first-order valence-electron chi connectivity index (χ1n) is 7.55. The molecule has 1 fully saturated rings. The fourth-order valence-electron chi connectivity index (χ4n) is 2.58. The highest BCUT2D eigenvalue weighted by atomic mass is 32.1. The molecule has 1 amide bonds. The molecule has 0 radical (unpaired) electrons. The number of amides is 1. The molecule has 1 aliphatic rings. The van der Waals surface area contributed by atoms with Crippen LogP contribution in [0.3, 0.4) is 0 Å². The van der Waals surface area contributed by atoms with Crippen molar-refractivity contribution in [3.05, 3.63) is 16.1 Å². The lowest BCUT2D eigenvalue weighted by molar-refractivity contribution is -0.152. The molecule has 2 rings (SSSR count). The molecule has 0 saturated carbocycles. The number of likely N-dealkylation sites (tertiary alicyclic amines) is 1. The van der Waals surface area contributed by atoms with Gasteiger partial charge in [-0.3, -0.25) is 9.59 Å². The summed E-state index contributed by atoms with van der Waals surface area (Å²) in [5.74, 6) is -0.553. The number of aryl methyl sites for hydroxylation is 1. The number of aliphatic hydroxyl groups is 1. The Labute approximate surface area is 134 Å². The summed E-state index contributed by atoms with van der Waals surface area (Å²) in [6.07, 6.45) is 0.0891. The van der Waals surface area contributed by atoms with E-state index >= 15 is 0 Å². The van der Waals surface area contributed by atoms with Gasteiger partial charge in [0.2, 0.25) is 0 Å². The van der Waals surface area contributed by atoms with E-state index < -0.39 is 12.1 Å². The van der Waals surface area contributed by atoms with E-state index in [1.807, 2.05) is 12.3 Å². The van der Waals surface area contributed by atoms with Crippen molar-refractivity contribution in [2.75, 3.05) is 19.7 Å². The van der Waals surface area contributed by atoms with Gasteiger partial charge in [-0.15, -0.1) is 11.3 Å². The molecule has 122 valence electrons. The van der Waals surface area contributed by atoms with Crippen LogP contribution in [-0.2, 0) is 14.3 Å². The van der Waals surface area contributed by atoms with Crippen molar-refractivity contribution in [2.45, 2.75) is 45.1 Å². The second kappa shape index (κ2) is 7.69. The Hall–Kier alpha value is -1.47. The monoisotopic (exact) mass is 326 g/mol. The van der Waals surface area contributed by atoms with E-state index in [-0.39, 0.29) is 18.9 Å². The van der Waals surface area contributed by atoms with Crippen molar-refractivity contribution in [1.29, 1.82) is 0 Å². The third-order valence-corrected chi connectivity index (χ3v) is 4.87. The molecule has 0 aliphatic carbocycles. The maximum absolute atomic E-state index is 12.1. The number of hydrogen-bond acceptors (Lipinski definition) is 6. The number of esters is 1. The summed E-state index contributed by atoms with van der Waals surface area (Å²) in [4.78, 5) is 29.6. The topological polar surface area (TPSA) is 79.7 Å². The number of hydrogen-bond donors (Lipinski definition) is 1. The van der Waals surface area contributed by atoms with Gasteiger partial charge in [-0.1, -0.05) is 0 Å². The second-order valence-corrected chi connectivity index (χ2v) is 6.34. The predicted octanol–water partition coefficient (Wildman–Crippen LogP) is 1.47. The Morgan fingerprint density at radius 3 is 2.73 bits per heavy atom. The lowest BCUT2D eigenvalue weighted by atomic mass is 9.97. The first-order chi connectivity index (χ1) is 10.5. The Kier molecular flexibility index (Phi) is 5.90. The number of rotatable bonds is 5. The van der Waals surface area contributed by atoms with Gasteiger partial charge < -0.3 is 14.7 Å². The van der Waals surface area contributed by atoms with E-state index in [2.05, 4.69) is 4.98 Å². The summed E-state index contributed by atoms with van der Waals surface area (Å²) in [6.45, 7) is 5.09. The quantitative estimate of drug-likeness (QED) is 0.829. The van der Waals surface area contributed by atoms with Gasteiger partial charge in [0.1, 0.15) is 6.10 Å². The highest BCUT2D eigenvalue weighted by Gasteiger charge is 2.30. The fraction of sp³-hybridized carbons (Fsp3) is 0.667.